The highest BCUT2D eigenvalue weighted by Gasteiger charge is 2.36. The van der Waals surface area contributed by atoms with Crippen molar-refractivity contribution in [2.75, 3.05) is 39.5 Å². The molecule has 2 atom stereocenters. The largest absolute Gasteiger partial charge is 0.304 e. The van der Waals surface area contributed by atoms with Crippen molar-refractivity contribution in [3.8, 4) is 0 Å². The van der Waals surface area contributed by atoms with Crippen LogP contribution in [0.4, 0.5) is 4.39 Å². The highest BCUT2D eigenvalue weighted by Crippen LogP contribution is 2.47. The molecule has 2 aliphatic rings. The number of hydrogen-bond acceptors (Lipinski definition) is 3. The normalized spacial score (nSPS) is 22.6. The van der Waals surface area contributed by atoms with Crippen molar-refractivity contribution >= 4 is 36.6 Å². The van der Waals surface area contributed by atoms with E-state index in [0.717, 1.165) is 32.6 Å². The van der Waals surface area contributed by atoms with Crippen LogP contribution in [0.5, 0.6) is 0 Å². The number of rotatable bonds is 3. The van der Waals surface area contributed by atoms with E-state index >= 15 is 0 Å². The molecule has 0 bridgehead atoms. The molecule has 1 saturated heterocycles. The number of thioether (sulfide) groups is 1. The third-order valence-corrected chi connectivity index (χ3v) is 6.46. The van der Waals surface area contributed by atoms with Crippen molar-refractivity contribution in [3.05, 3.63) is 65.0 Å². The average molecular weight is 429 g/mol. The predicted molar refractivity (Wildman–Crippen MR) is 117 cm³/mol. The van der Waals surface area contributed by atoms with Gasteiger partial charge >= 0.3 is 0 Å². The predicted octanol–water partition coefficient (Wildman–Crippen LogP) is 5.22. The second-order valence-electron chi connectivity index (χ2n) is 7.19. The van der Waals surface area contributed by atoms with Crippen molar-refractivity contribution in [3.63, 3.8) is 0 Å². The zero-order valence-corrected chi connectivity index (χ0v) is 18.2. The minimum Gasteiger partial charge on any atom is -0.304 e. The van der Waals surface area contributed by atoms with Crippen molar-refractivity contribution in [1.82, 2.24) is 9.80 Å². The van der Waals surface area contributed by atoms with Gasteiger partial charge in [-0.1, -0.05) is 18.2 Å². The van der Waals surface area contributed by atoms with Crippen LogP contribution >= 0.6 is 36.6 Å². The fraction of sp³-hybridized carbons (Fsp3) is 0.429. The molecular weight excluding hydrogens is 402 g/mol. The van der Waals surface area contributed by atoms with Gasteiger partial charge in [-0.2, -0.15) is 0 Å². The van der Waals surface area contributed by atoms with E-state index in [1.165, 1.54) is 21.6 Å². The van der Waals surface area contributed by atoms with Crippen LogP contribution in [0.1, 0.15) is 35.1 Å². The summed E-state index contributed by atoms with van der Waals surface area (Å²) in [5.41, 5.74) is 4.13. The van der Waals surface area contributed by atoms with Gasteiger partial charge in [-0.3, -0.25) is 4.90 Å². The molecule has 1 aliphatic carbocycles. The van der Waals surface area contributed by atoms with Gasteiger partial charge in [0.2, 0.25) is 0 Å². The van der Waals surface area contributed by atoms with Crippen molar-refractivity contribution in [1.29, 1.82) is 0 Å². The summed E-state index contributed by atoms with van der Waals surface area (Å²) in [5.74, 6) is 0.214. The molecule has 1 aliphatic heterocycles. The first-order valence-electron chi connectivity index (χ1n) is 9.01. The number of likely N-dealkylation sites (N-methyl/N-ethyl adjacent to an activating group) is 1. The molecule has 0 saturated carbocycles. The molecule has 27 heavy (non-hydrogen) atoms. The van der Waals surface area contributed by atoms with Gasteiger partial charge in [-0.15, -0.1) is 36.6 Å². The minimum atomic E-state index is -0.157. The highest BCUT2D eigenvalue weighted by atomic mass is 35.5. The van der Waals surface area contributed by atoms with Crippen molar-refractivity contribution < 1.29 is 4.39 Å². The van der Waals surface area contributed by atoms with Crippen LogP contribution in [0.2, 0.25) is 0 Å². The number of nitrogens with zero attached hydrogens (tertiary/aromatic N) is 2. The Balaban J connectivity index is 0.00000131. The summed E-state index contributed by atoms with van der Waals surface area (Å²) < 4.78 is 13.4. The molecule has 0 radical (unpaired) electrons. The SMILES string of the molecule is CSc1ccc2c(c1)[C@@H](N1CCN(C)CC1)C[C@@H]2c1ccc(F)cc1.Cl.Cl. The summed E-state index contributed by atoms with van der Waals surface area (Å²) in [6.07, 6.45) is 3.24. The number of piperazine rings is 1. The molecule has 148 valence electrons. The minimum absolute atomic E-state index is 0. The molecule has 2 aromatic rings. The molecule has 0 unspecified atom stereocenters. The molecule has 2 nitrogen and oxygen atoms in total. The van der Waals surface area contributed by atoms with Gasteiger partial charge in [0.05, 0.1) is 0 Å². The Labute approximate surface area is 178 Å². The first-order valence-corrected chi connectivity index (χ1v) is 10.2. The fourth-order valence-electron chi connectivity index (χ4n) is 4.25. The lowest BCUT2D eigenvalue weighted by Crippen LogP contribution is -2.45. The van der Waals surface area contributed by atoms with Gasteiger partial charge in [0.15, 0.2) is 0 Å². The lowest BCUT2D eigenvalue weighted by molar-refractivity contribution is 0.110. The van der Waals surface area contributed by atoms with E-state index in [0.29, 0.717) is 12.0 Å². The van der Waals surface area contributed by atoms with E-state index < -0.39 is 0 Å². The fourth-order valence-corrected chi connectivity index (χ4v) is 4.70. The van der Waals surface area contributed by atoms with Crippen molar-refractivity contribution in [2.24, 2.45) is 0 Å². The van der Waals surface area contributed by atoms with E-state index in [9.17, 15) is 4.39 Å². The molecule has 0 N–H and O–H groups in total. The summed E-state index contributed by atoms with van der Waals surface area (Å²) in [5, 5.41) is 0. The lowest BCUT2D eigenvalue weighted by atomic mass is 9.93. The first kappa shape index (κ1) is 22.5. The summed E-state index contributed by atoms with van der Waals surface area (Å²) >= 11 is 1.81. The Morgan fingerprint density at radius 2 is 1.59 bits per heavy atom. The third kappa shape index (κ3) is 4.63. The van der Waals surface area contributed by atoms with Crippen molar-refractivity contribution in [2.45, 2.75) is 23.3 Å². The second kappa shape index (κ2) is 9.62. The monoisotopic (exact) mass is 428 g/mol. The molecule has 0 spiro atoms. The molecule has 4 rings (SSSR count). The van der Waals surface area contributed by atoms with Gasteiger partial charge in [-0.05, 0) is 60.7 Å². The van der Waals surface area contributed by atoms with Gasteiger partial charge in [0.1, 0.15) is 5.82 Å². The zero-order chi connectivity index (χ0) is 17.4. The van der Waals surface area contributed by atoms with Gasteiger partial charge in [-0.25, -0.2) is 4.39 Å². The first-order chi connectivity index (χ1) is 12.2. The van der Waals surface area contributed by atoms with E-state index in [2.05, 4.69) is 41.3 Å². The van der Waals surface area contributed by atoms with Crippen LogP contribution < -0.4 is 0 Å². The lowest BCUT2D eigenvalue weighted by Gasteiger charge is -2.37. The van der Waals surface area contributed by atoms with Crippen LogP contribution in [0.3, 0.4) is 0 Å². The molecule has 1 fully saturated rings. The Morgan fingerprint density at radius 3 is 2.22 bits per heavy atom. The van der Waals surface area contributed by atoms with E-state index in [-0.39, 0.29) is 30.6 Å². The maximum Gasteiger partial charge on any atom is 0.123 e. The van der Waals surface area contributed by atoms with E-state index in [4.69, 9.17) is 0 Å². The van der Waals surface area contributed by atoms with Gasteiger partial charge in [0.25, 0.3) is 0 Å². The summed E-state index contributed by atoms with van der Waals surface area (Å²) in [6, 6.07) is 14.5. The molecule has 2 aromatic carbocycles. The smallest absolute Gasteiger partial charge is 0.123 e. The standard InChI is InChI=1S/C21H25FN2S.2ClH/c1-23-9-11-24(12-10-23)21-14-19(15-3-5-16(22)6-4-15)18-8-7-17(25-2)13-20(18)21;;/h3-8,13,19,21H,9-12,14H2,1-2H3;2*1H/t19-,21+;;/m1../s1. The number of halogens is 3. The van der Waals surface area contributed by atoms with E-state index in [1.807, 2.05) is 12.1 Å². The maximum absolute atomic E-state index is 13.4. The molecule has 0 aromatic heterocycles. The molecule has 0 amide bonds. The zero-order valence-electron chi connectivity index (χ0n) is 15.7. The molecular formula is C21H27Cl2FN2S. The Kier molecular flexibility index (Phi) is 8.02. The number of benzene rings is 2. The Bertz CT molecular complexity index is 748. The molecule has 1 heterocycles. The third-order valence-electron chi connectivity index (χ3n) is 5.74. The topological polar surface area (TPSA) is 6.48 Å². The van der Waals surface area contributed by atoms with Crippen LogP contribution in [0.25, 0.3) is 0 Å². The summed E-state index contributed by atoms with van der Waals surface area (Å²) in [6.45, 7) is 4.52. The van der Waals surface area contributed by atoms with Crippen LogP contribution in [0.15, 0.2) is 47.4 Å². The molecule has 6 heteroatoms. The number of fused-ring (bicyclic) bond motifs is 1. The van der Waals surface area contributed by atoms with Gasteiger partial charge in [0, 0.05) is 43.0 Å². The second-order valence-corrected chi connectivity index (χ2v) is 8.07. The van der Waals surface area contributed by atoms with Crippen LogP contribution in [-0.4, -0.2) is 49.3 Å². The summed E-state index contributed by atoms with van der Waals surface area (Å²) in [7, 11) is 2.20. The van der Waals surface area contributed by atoms with Crippen LogP contribution in [-0.2, 0) is 0 Å². The average Bonchev–Trinajstić information content (AvgIpc) is 3.02. The van der Waals surface area contributed by atoms with Crippen LogP contribution in [0, 0.1) is 5.82 Å². The Hall–Kier alpha value is -0.780. The quantitative estimate of drug-likeness (QED) is 0.618. The summed E-state index contributed by atoms with van der Waals surface area (Å²) in [4.78, 5) is 6.38. The Morgan fingerprint density at radius 1 is 0.926 bits per heavy atom. The maximum atomic E-state index is 13.4. The number of hydrogen-bond donors (Lipinski definition) is 0. The van der Waals surface area contributed by atoms with Gasteiger partial charge < -0.3 is 4.90 Å². The highest BCUT2D eigenvalue weighted by molar-refractivity contribution is 7.98. The van der Waals surface area contributed by atoms with E-state index in [1.54, 1.807) is 23.9 Å².